The molecule has 4 heterocycles. The average molecular weight is 393 g/mol. The number of fused-ring (bicyclic) bond motifs is 4. The number of benzene rings is 1. The summed E-state index contributed by atoms with van der Waals surface area (Å²) in [4.78, 5) is 17.7. The van der Waals surface area contributed by atoms with Gasteiger partial charge in [-0.25, -0.2) is 9.97 Å². The Morgan fingerprint density at radius 3 is 3.07 bits per heavy atom. The zero-order chi connectivity index (χ0) is 20.0. The fraction of sp³-hybridized carbons (Fsp3) is 0.455. The van der Waals surface area contributed by atoms with Gasteiger partial charge in [-0.3, -0.25) is 0 Å². The number of aromatic amines is 1. The monoisotopic (exact) mass is 393 g/mol. The van der Waals surface area contributed by atoms with Crippen molar-refractivity contribution in [3.63, 3.8) is 0 Å². The van der Waals surface area contributed by atoms with Crippen LogP contribution in [0.2, 0.25) is 0 Å². The SMILES string of the molecule is CC(C)(O)CCN1C[C@@H]2COCCN2c2nc(-c3cccc4[nH]ccc34)ncc21. The summed E-state index contributed by atoms with van der Waals surface area (Å²) in [5, 5.41) is 11.3. The van der Waals surface area contributed by atoms with Gasteiger partial charge in [0, 0.05) is 42.3 Å². The highest BCUT2D eigenvalue weighted by Crippen LogP contribution is 2.37. The van der Waals surface area contributed by atoms with E-state index in [9.17, 15) is 5.11 Å². The highest BCUT2D eigenvalue weighted by atomic mass is 16.5. The van der Waals surface area contributed by atoms with E-state index in [0.717, 1.165) is 53.4 Å². The minimum atomic E-state index is -0.703. The van der Waals surface area contributed by atoms with Gasteiger partial charge in [-0.2, -0.15) is 0 Å². The summed E-state index contributed by atoms with van der Waals surface area (Å²) < 4.78 is 5.74. The van der Waals surface area contributed by atoms with Gasteiger partial charge in [-0.05, 0) is 32.4 Å². The summed E-state index contributed by atoms with van der Waals surface area (Å²) in [6, 6.07) is 8.51. The largest absolute Gasteiger partial charge is 0.390 e. The van der Waals surface area contributed by atoms with E-state index in [1.165, 1.54) is 0 Å². The van der Waals surface area contributed by atoms with Crippen molar-refractivity contribution in [2.75, 3.05) is 42.6 Å². The van der Waals surface area contributed by atoms with Gasteiger partial charge in [-0.15, -0.1) is 0 Å². The van der Waals surface area contributed by atoms with Crippen LogP contribution in [0.3, 0.4) is 0 Å². The third kappa shape index (κ3) is 3.45. The van der Waals surface area contributed by atoms with E-state index < -0.39 is 5.60 Å². The lowest BCUT2D eigenvalue weighted by molar-refractivity contribution is 0.0713. The number of aliphatic hydroxyl groups is 1. The van der Waals surface area contributed by atoms with Crippen LogP contribution in [0.1, 0.15) is 20.3 Å². The number of hydrogen-bond acceptors (Lipinski definition) is 6. The molecule has 1 atom stereocenters. The van der Waals surface area contributed by atoms with E-state index >= 15 is 0 Å². The van der Waals surface area contributed by atoms with Crippen molar-refractivity contribution in [1.29, 1.82) is 0 Å². The van der Waals surface area contributed by atoms with Gasteiger partial charge in [0.25, 0.3) is 0 Å². The molecule has 0 saturated carbocycles. The Bertz CT molecular complexity index is 1030. The molecule has 29 heavy (non-hydrogen) atoms. The zero-order valence-corrected chi connectivity index (χ0v) is 16.9. The van der Waals surface area contributed by atoms with Gasteiger partial charge >= 0.3 is 0 Å². The normalized spacial score (nSPS) is 19.3. The van der Waals surface area contributed by atoms with Gasteiger partial charge in [0.1, 0.15) is 0 Å². The van der Waals surface area contributed by atoms with E-state index in [1.54, 1.807) is 0 Å². The second-order valence-corrected chi connectivity index (χ2v) is 8.58. The first kappa shape index (κ1) is 18.4. The molecule has 2 N–H and O–H groups in total. The van der Waals surface area contributed by atoms with Gasteiger partial charge in [0.15, 0.2) is 11.6 Å². The lowest BCUT2D eigenvalue weighted by atomic mass is 10.0. The van der Waals surface area contributed by atoms with Crippen LogP contribution in [-0.2, 0) is 4.74 Å². The smallest absolute Gasteiger partial charge is 0.162 e. The second kappa shape index (κ2) is 7.00. The van der Waals surface area contributed by atoms with Gasteiger partial charge in [0.05, 0.1) is 36.7 Å². The molecule has 1 aromatic carbocycles. The number of aromatic nitrogens is 3. The van der Waals surface area contributed by atoms with Crippen LogP contribution in [0.5, 0.6) is 0 Å². The summed E-state index contributed by atoms with van der Waals surface area (Å²) in [5.41, 5.74) is 2.45. The van der Waals surface area contributed by atoms with Crippen LogP contribution in [0, 0.1) is 0 Å². The molecule has 2 aliphatic heterocycles. The van der Waals surface area contributed by atoms with Gasteiger partial charge in [-0.1, -0.05) is 12.1 Å². The highest BCUT2D eigenvalue weighted by molar-refractivity contribution is 5.93. The number of nitrogens with zero attached hydrogens (tertiary/aromatic N) is 4. The first-order valence-electron chi connectivity index (χ1n) is 10.2. The summed E-state index contributed by atoms with van der Waals surface area (Å²) in [7, 11) is 0. The number of rotatable bonds is 4. The first-order chi connectivity index (χ1) is 14.0. The van der Waals surface area contributed by atoms with Crippen molar-refractivity contribution >= 4 is 22.4 Å². The minimum Gasteiger partial charge on any atom is -0.390 e. The Kier molecular flexibility index (Phi) is 4.44. The van der Waals surface area contributed by atoms with Gasteiger partial charge in [0.2, 0.25) is 0 Å². The molecule has 152 valence electrons. The maximum Gasteiger partial charge on any atom is 0.162 e. The number of H-pyrrole nitrogens is 1. The Balaban J connectivity index is 1.56. The van der Waals surface area contributed by atoms with Crippen LogP contribution in [0.15, 0.2) is 36.7 Å². The maximum atomic E-state index is 10.2. The van der Waals surface area contributed by atoms with Crippen LogP contribution in [0.4, 0.5) is 11.5 Å². The Morgan fingerprint density at radius 1 is 1.31 bits per heavy atom. The number of ether oxygens (including phenoxy) is 1. The quantitative estimate of drug-likeness (QED) is 0.710. The predicted octanol–water partition coefficient (Wildman–Crippen LogP) is 2.81. The fourth-order valence-electron chi connectivity index (χ4n) is 4.27. The van der Waals surface area contributed by atoms with Crippen molar-refractivity contribution in [1.82, 2.24) is 15.0 Å². The van der Waals surface area contributed by atoms with Gasteiger partial charge < -0.3 is 24.6 Å². The van der Waals surface area contributed by atoms with Crippen LogP contribution in [0.25, 0.3) is 22.3 Å². The third-order valence-electron chi connectivity index (χ3n) is 5.85. The van der Waals surface area contributed by atoms with E-state index in [2.05, 4.69) is 33.0 Å². The lowest BCUT2D eigenvalue weighted by Crippen LogP contribution is -2.56. The van der Waals surface area contributed by atoms with Crippen LogP contribution in [-0.4, -0.2) is 64.5 Å². The van der Waals surface area contributed by atoms with E-state index in [4.69, 9.17) is 14.7 Å². The molecule has 7 heteroatoms. The average Bonchev–Trinajstić information content (AvgIpc) is 3.20. The molecular weight excluding hydrogens is 366 g/mol. The fourth-order valence-corrected chi connectivity index (χ4v) is 4.27. The Hall–Kier alpha value is -2.64. The molecule has 0 amide bonds. The molecule has 2 aromatic heterocycles. The molecule has 0 radical (unpaired) electrons. The standard InChI is InChI=1S/C22H27N5O2/c1-22(2,28)7-9-26-13-15-14-29-11-10-27(15)21-19(26)12-24-20(25-21)17-4-3-5-18-16(17)6-8-23-18/h3-6,8,12,15,23,28H,7,9-11,13-14H2,1-2H3/t15-/m1/s1. The third-order valence-corrected chi connectivity index (χ3v) is 5.85. The number of anilines is 2. The van der Waals surface area contributed by atoms with Crippen molar-refractivity contribution in [2.24, 2.45) is 0 Å². The van der Waals surface area contributed by atoms with Crippen LogP contribution < -0.4 is 9.80 Å². The molecule has 1 saturated heterocycles. The summed E-state index contributed by atoms with van der Waals surface area (Å²) in [6.07, 6.45) is 4.58. The molecule has 5 rings (SSSR count). The zero-order valence-electron chi connectivity index (χ0n) is 16.9. The second-order valence-electron chi connectivity index (χ2n) is 8.58. The molecule has 0 bridgehead atoms. The van der Waals surface area contributed by atoms with Crippen molar-refractivity contribution in [3.8, 4) is 11.4 Å². The summed E-state index contributed by atoms with van der Waals surface area (Å²) in [6.45, 7) is 7.57. The number of nitrogens with one attached hydrogen (secondary N) is 1. The first-order valence-corrected chi connectivity index (χ1v) is 10.2. The Labute approximate surface area is 170 Å². The van der Waals surface area contributed by atoms with Crippen molar-refractivity contribution in [2.45, 2.75) is 31.9 Å². The van der Waals surface area contributed by atoms with E-state index in [-0.39, 0.29) is 6.04 Å². The molecule has 0 aliphatic carbocycles. The molecule has 0 spiro atoms. The van der Waals surface area contributed by atoms with E-state index in [1.807, 2.05) is 32.3 Å². The van der Waals surface area contributed by atoms with Crippen molar-refractivity contribution in [3.05, 3.63) is 36.7 Å². The molecule has 0 unspecified atom stereocenters. The van der Waals surface area contributed by atoms with E-state index in [0.29, 0.717) is 19.6 Å². The maximum absolute atomic E-state index is 10.2. The Morgan fingerprint density at radius 2 is 2.21 bits per heavy atom. The topological polar surface area (TPSA) is 77.5 Å². The molecular formula is C22H27N5O2. The molecule has 2 aliphatic rings. The lowest BCUT2D eigenvalue weighted by Gasteiger charge is -2.46. The molecule has 3 aromatic rings. The molecule has 7 nitrogen and oxygen atoms in total. The van der Waals surface area contributed by atoms with Crippen LogP contribution >= 0.6 is 0 Å². The highest BCUT2D eigenvalue weighted by Gasteiger charge is 2.35. The molecule has 1 fully saturated rings. The summed E-state index contributed by atoms with van der Waals surface area (Å²) in [5.74, 6) is 1.71. The predicted molar refractivity (Wildman–Crippen MR) is 114 cm³/mol. The number of morpholine rings is 1. The number of hydrogen-bond donors (Lipinski definition) is 2. The summed E-state index contributed by atoms with van der Waals surface area (Å²) >= 11 is 0. The minimum absolute atomic E-state index is 0.267. The van der Waals surface area contributed by atoms with Crippen molar-refractivity contribution < 1.29 is 9.84 Å².